The fraction of sp³-hybridized carbons (Fsp3) is 0.538. The van der Waals surface area contributed by atoms with Crippen molar-refractivity contribution in [1.29, 1.82) is 0 Å². The van der Waals surface area contributed by atoms with Gasteiger partial charge < -0.3 is 20.7 Å². The van der Waals surface area contributed by atoms with Gasteiger partial charge in [0, 0.05) is 11.1 Å². The number of hydrogen-bond donors (Lipinski definition) is 3. The fourth-order valence-corrected chi connectivity index (χ4v) is 2.98. The molecule has 2 heterocycles. The Bertz CT molecular complexity index is 697. The number of aliphatic hydroxyl groups excluding tert-OH is 2. The van der Waals surface area contributed by atoms with Crippen LogP contribution in [0.3, 0.4) is 0 Å². The number of aliphatic hydroxyl groups is 2. The summed E-state index contributed by atoms with van der Waals surface area (Å²) in [5.74, 6) is 2.50. The van der Waals surface area contributed by atoms with Crippen LogP contribution in [0.1, 0.15) is 18.8 Å². The van der Waals surface area contributed by atoms with Crippen molar-refractivity contribution in [3.63, 3.8) is 0 Å². The highest BCUT2D eigenvalue weighted by atomic mass is 35.5. The molecule has 9 heteroatoms. The van der Waals surface area contributed by atoms with Crippen LogP contribution < -0.4 is 11.4 Å². The van der Waals surface area contributed by atoms with Gasteiger partial charge in [-0.3, -0.25) is 4.57 Å². The van der Waals surface area contributed by atoms with Crippen LogP contribution in [-0.4, -0.2) is 43.0 Å². The van der Waals surface area contributed by atoms with Gasteiger partial charge in [-0.1, -0.05) is 17.5 Å². The van der Waals surface area contributed by atoms with Crippen molar-refractivity contribution in [2.24, 2.45) is 0 Å². The molecule has 1 saturated heterocycles. The van der Waals surface area contributed by atoms with Crippen molar-refractivity contribution in [3.05, 3.63) is 22.2 Å². The third-order valence-electron chi connectivity index (χ3n) is 3.50. The standard InChI is InChI=1S/C13H15Cl2N3O4/c1-6-5-8(16)17-12(21)18(6)11-13(15,3-4-14)10(20)9(22-11)7(2)19/h5,7,9-11,19-20H,1-2H3,(H2,16,17,21)/t7-,9-,10+,11-,13?/m1/s1. The second-order valence-corrected chi connectivity index (χ2v) is 5.92. The molecule has 0 radical (unpaired) electrons. The van der Waals surface area contributed by atoms with E-state index in [-0.39, 0.29) is 5.82 Å². The van der Waals surface area contributed by atoms with Gasteiger partial charge in [0.2, 0.25) is 0 Å². The van der Waals surface area contributed by atoms with Crippen molar-refractivity contribution >= 4 is 29.0 Å². The van der Waals surface area contributed by atoms with Crippen molar-refractivity contribution in [2.75, 3.05) is 5.73 Å². The van der Waals surface area contributed by atoms with Crippen LogP contribution in [0.5, 0.6) is 0 Å². The molecular formula is C13H15Cl2N3O4. The third-order valence-corrected chi connectivity index (χ3v) is 4.10. The average molecular weight is 348 g/mol. The first-order valence-corrected chi connectivity index (χ1v) is 7.17. The Morgan fingerprint density at radius 3 is 2.77 bits per heavy atom. The van der Waals surface area contributed by atoms with Gasteiger partial charge in [-0.25, -0.2) is 4.79 Å². The number of aryl methyl sites for hydroxylation is 1. The fourth-order valence-electron chi connectivity index (χ4n) is 2.46. The van der Waals surface area contributed by atoms with E-state index in [2.05, 4.69) is 16.3 Å². The largest absolute Gasteiger partial charge is 0.391 e. The molecule has 0 bridgehead atoms. The van der Waals surface area contributed by atoms with E-state index in [0.29, 0.717) is 5.69 Å². The number of aromatic nitrogens is 2. The van der Waals surface area contributed by atoms with Crippen molar-refractivity contribution < 1.29 is 14.9 Å². The van der Waals surface area contributed by atoms with Crippen molar-refractivity contribution in [3.8, 4) is 11.3 Å². The molecule has 0 aliphatic carbocycles. The minimum atomic E-state index is -1.71. The average Bonchev–Trinajstić information content (AvgIpc) is 2.63. The zero-order chi connectivity index (χ0) is 16.7. The lowest BCUT2D eigenvalue weighted by Crippen LogP contribution is -2.45. The molecule has 0 aromatic carbocycles. The summed E-state index contributed by atoms with van der Waals surface area (Å²) in [6, 6.07) is 1.46. The van der Waals surface area contributed by atoms with Crippen LogP contribution in [0.25, 0.3) is 0 Å². The number of hydrogen-bond acceptors (Lipinski definition) is 6. The molecule has 5 atom stereocenters. The van der Waals surface area contributed by atoms with Crippen LogP contribution in [0.15, 0.2) is 10.9 Å². The maximum atomic E-state index is 12.1. The molecule has 4 N–H and O–H groups in total. The first-order valence-electron chi connectivity index (χ1n) is 6.41. The minimum absolute atomic E-state index is 0.0490. The maximum Gasteiger partial charge on any atom is 0.351 e. The normalized spacial score (nSPS) is 32.4. The first-order chi connectivity index (χ1) is 10.2. The summed E-state index contributed by atoms with van der Waals surface area (Å²) in [7, 11) is 0. The van der Waals surface area contributed by atoms with E-state index in [1.807, 2.05) is 0 Å². The summed E-state index contributed by atoms with van der Waals surface area (Å²) in [5.41, 5.74) is 5.23. The lowest BCUT2D eigenvalue weighted by molar-refractivity contribution is -0.0777. The Balaban J connectivity index is 2.62. The molecule has 22 heavy (non-hydrogen) atoms. The number of nitrogens with zero attached hydrogens (tertiary/aromatic N) is 2. The quantitative estimate of drug-likeness (QED) is 0.511. The van der Waals surface area contributed by atoms with Crippen molar-refractivity contribution in [1.82, 2.24) is 9.55 Å². The Kier molecular flexibility index (Phi) is 4.70. The number of halogens is 2. The monoisotopic (exact) mass is 347 g/mol. The Hall–Kier alpha value is -1.30. The topological polar surface area (TPSA) is 111 Å². The van der Waals surface area contributed by atoms with Crippen molar-refractivity contribution in [2.45, 2.75) is 43.3 Å². The van der Waals surface area contributed by atoms with E-state index in [1.54, 1.807) is 6.92 Å². The summed E-state index contributed by atoms with van der Waals surface area (Å²) < 4.78 is 6.70. The van der Waals surface area contributed by atoms with Crippen LogP contribution in [0.2, 0.25) is 0 Å². The molecule has 2 rings (SSSR count). The molecule has 1 aliphatic rings. The maximum absolute atomic E-state index is 12.1. The minimum Gasteiger partial charge on any atom is -0.391 e. The summed E-state index contributed by atoms with van der Waals surface area (Å²) in [4.78, 5) is 14.0. The highest BCUT2D eigenvalue weighted by Crippen LogP contribution is 2.44. The van der Waals surface area contributed by atoms with Gasteiger partial charge >= 0.3 is 5.69 Å². The van der Waals surface area contributed by atoms with Crippen LogP contribution in [0, 0.1) is 18.2 Å². The molecule has 1 aromatic heterocycles. The van der Waals surface area contributed by atoms with E-state index >= 15 is 0 Å². The lowest BCUT2D eigenvalue weighted by Gasteiger charge is -2.26. The van der Waals surface area contributed by atoms with Gasteiger partial charge in [-0.2, -0.15) is 4.98 Å². The number of anilines is 1. The van der Waals surface area contributed by atoms with E-state index in [4.69, 9.17) is 33.7 Å². The first kappa shape index (κ1) is 17.1. The van der Waals surface area contributed by atoms with Gasteiger partial charge in [0.1, 0.15) is 18.0 Å². The van der Waals surface area contributed by atoms with E-state index in [0.717, 1.165) is 4.57 Å². The molecule has 0 spiro atoms. The number of alkyl halides is 1. The van der Waals surface area contributed by atoms with Gasteiger partial charge in [-0.15, -0.1) is 0 Å². The molecule has 0 amide bonds. The highest BCUT2D eigenvalue weighted by molar-refractivity contribution is 6.32. The third kappa shape index (κ3) is 2.69. The zero-order valence-electron chi connectivity index (χ0n) is 11.8. The van der Waals surface area contributed by atoms with Gasteiger partial charge in [0.15, 0.2) is 11.1 Å². The van der Waals surface area contributed by atoms with Crippen LogP contribution in [-0.2, 0) is 4.74 Å². The van der Waals surface area contributed by atoms with Crippen LogP contribution in [0.4, 0.5) is 5.82 Å². The number of ether oxygens (including phenoxy) is 1. The van der Waals surface area contributed by atoms with E-state index in [9.17, 15) is 15.0 Å². The molecule has 120 valence electrons. The Labute approximate surface area is 136 Å². The smallest absolute Gasteiger partial charge is 0.351 e. The molecule has 1 unspecified atom stereocenters. The number of nitrogens with two attached hydrogens (primary N) is 1. The highest BCUT2D eigenvalue weighted by Gasteiger charge is 2.57. The SMILES string of the molecule is Cc1cc(N)nc(=O)n1[C@@H]1O[C@H]([C@@H](C)O)[C@H](O)C1(Cl)C#CCl. The molecule has 1 aliphatic heterocycles. The second-order valence-electron chi connectivity index (χ2n) is 5.10. The summed E-state index contributed by atoms with van der Waals surface area (Å²) in [6.45, 7) is 3.04. The molecule has 1 aromatic rings. The van der Waals surface area contributed by atoms with Gasteiger partial charge in [0.05, 0.1) is 6.10 Å². The molecule has 1 fully saturated rings. The van der Waals surface area contributed by atoms with Gasteiger partial charge in [-0.05, 0) is 31.5 Å². The van der Waals surface area contributed by atoms with Gasteiger partial charge in [0.25, 0.3) is 0 Å². The Morgan fingerprint density at radius 1 is 1.64 bits per heavy atom. The summed E-state index contributed by atoms with van der Waals surface area (Å²) >= 11 is 11.8. The predicted molar refractivity (Wildman–Crippen MR) is 81.5 cm³/mol. The number of rotatable bonds is 2. The lowest BCUT2D eigenvalue weighted by atomic mass is 9.97. The predicted octanol–water partition coefficient (Wildman–Crippen LogP) is -0.0497. The molecule has 7 nitrogen and oxygen atoms in total. The van der Waals surface area contributed by atoms with E-state index < -0.39 is 35.1 Å². The summed E-state index contributed by atoms with van der Waals surface area (Å²) in [5, 5.41) is 22.2. The Morgan fingerprint density at radius 2 is 2.27 bits per heavy atom. The molecular weight excluding hydrogens is 333 g/mol. The summed E-state index contributed by atoms with van der Waals surface area (Å²) in [6.07, 6.45) is -4.62. The molecule has 0 saturated carbocycles. The second kappa shape index (κ2) is 6.07. The van der Waals surface area contributed by atoms with Crippen LogP contribution >= 0.6 is 23.2 Å². The zero-order valence-corrected chi connectivity index (χ0v) is 13.3. The number of nitrogen functional groups attached to an aromatic ring is 1. The van der Waals surface area contributed by atoms with E-state index in [1.165, 1.54) is 13.0 Å².